The van der Waals surface area contributed by atoms with E-state index in [0.29, 0.717) is 26.3 Å². The fourth-order valence-corrected chi connectivity index (χ4v) is 1.59. The highest BCUT2D eigenvalue weighted by molar-refractivity contribution is 5.77. The summed E-state index contributed by atoms with van der Waals surface area (Å²) < 4.78 is 10.2. The van der Waals surface area contributed by atoms with Gasteiger partial charge in [-0.15, -0.1) is 0 Å². The molecule has 0 radical (unpaired) electrons. The topological polar surface area (TPSA) is 64.8 Å². The average molecular weight is 228 g/mol. The van der Waals surface area contributed by atoms with Gasteiger partial charge in [0.2, 0.25) is 5.91 Å². The molecular formula is C11H20N2O3. The van der Waals surface area contributed by atoms with Crippen LogP contribution in [0.25, 0.3) is 0 Å². The normalized spacial score (nSPS) is 16.1. The van der Waals surface area contributed by atoms with Crippen molar-refractivity contribution >= 4 is 5.91 Å². The minimum atomic E-state index is 0.0289. The highest BCUT2D eigenvalue weighted by Gasteiger charge is 2.16. The number of ether oxygens (including phenoxy) is 2. The van der Waals surface area contributed by atoms with Crippen molar-refractivity contribution in [3.05, 3.63) is 11.6 Å². The quantitative estimate of drug-likeness (QED) is 0.503. The van der Waals surface area contributed by atoms with Gasteiger partial charge in [0.1, 0.15) is 6.61 Å². The first-order valence-corrected chi connectivity index (χ1v) is 5.50. The van der Waals surface area contributed by atoms with Crippen LogP contribution in [0.15, 0.2) is 11.6 Å². The van der Waals surface area contributed by atoms with Crippen LogP contribution in [0.4, 0.5) is 0 Å². The van der Waals surface area contributed by atoms with Crippen LogP contribution in [0, 0.1) is 0 Å². The summed E-state index contributed by atoms with van der Waals surface area (Å²) in [5, 5.41) is 0. The lowest BCUT2D eigenvalue weighted by Crippen LogP contribution is -2.38. The van der Waals surface area contributed by atoms with Crippen molar-refractivity contribution in [2.24, 2.45) is 5.73 Å². The first-order chi connectivity index (χ1) is 7.77. The predicted octanol–water partition coefficient (Wildman–Crippen LogP) is -0.233. The van der Waals surface area contributed by atoms with E-state index < -0.39 is 0 Å². The Kier molecular flexibility index (Phi) is 6.07. The number of hydrogen-bond acceptors (Lipinski definition) is 4. The zero-order valence-electron chi connectivity index (χ0n) is 9.78. The van der Waals surface area contributed by atoms with Crippen molar-refractivity contribution in [1.29, 1.82) is 0 Å². The van der Waals surface area contributed by atoms with Crippen LogP contribution < -0.4 is 5.73 Å². The molecule has 5 nitrogen and oxygen atoms in total. The first-order valence-electron chi connectivity index (χ1n) is 5.50. The molecule has 1 aliphatic rings. The van der Waals surface area contributed by atoms with Crippen LogP contribution in [-0.2, 0) is 14.3 Å². The molecule has 1 rings (SSSR count). The van der Waals surface area contributed by atoms with E-state index in [0.717, 1.165) is 13.0 Å². The third-order valence-corrected chi connectivity index (χ3v) is 2.47. The largest absolute Gasteiger partial charge is 0.380 e. The molecule has 0 aromatic carbocycles. The van der Waals surface area contributed by atoms with E-state index in [1.54, 1.807) is 12.0 Å². The SMILES string of the molecule is COCC1=CCN(C(=O)COCCN)CC1. The van der Waals surface area contributed by atoms with Crippen molar-refractivity contribution < 1.29 is 14.3 Å². The summed E-state index contributed by atoms with van der Waals surface area (Å²) in [7, 11) is 1.68. The van der Waals surface area contributed by atoms with Crippen molar-refractivity contribution in [3.63, 3.8) is 0 Å². The Labute approximate surface area is 96.2 Å². The monoisotopic (exact) mass is 228 g/mol. The van der Waals surface area contributed by atoms with E-state index in [4.69, 9.17) is 15.2 Å². The van der Waals surface area contributed by atoms with Crippen LogP contribution in [0.1, 0.15) is 6.42 Å². The van der Waals surface area contributed by atoms with E-state index in [9.17, 15) is 4.79 Å². The van der Waals surface area contributed by atoms with Gasteiger partial charge in [-0.05, 0) is 12.0 Å². The molecule has 0 spiro atoms. The lowest BCUT2D eigenvalue weighted by atomic mass is 10.1. The number of rotatable bonds is 6. The summed E-state index contributed by atoms with van der Waals surface area (Å²) in [4.78, 5) is 13.4. The van der Waals surface area contributed by atoms with Gasteiger partial charge < -0.3 is 20.1 Å². The summed E-state index contributed by atoms with van der Waals surface area (Å²) >= 11 is 0. The third-order valence-electron chi connectivity index (χ3n) is 2.47. The molecule has 0 aliphatic carbocycles. The van der Waals surface area contributed by atoms with Gasteiger partial charge in [-0.25, -0.2) is 0 Å². The standard InChI is InChI=1S/C11H20N2O3/c1-15-8-10-2-5-13(6-3-10)11(14)9-16-7-4-12/h2H,3-9,12H2,1H3. The first kappa shape index (κ1) is 13.2. The maximum atomic E-state index is 11.6. The van der Waals surface area contributed by atoms with Gasteiger partial charge in [-0.1, -0.05) is 6.08 Å². The summed E-state index contributed by atoms with van der Waals surface area (Å²) in [6, 6.07) is 0. The Bertz CT molecular complexity index is 254. The maximum Gasteiger partial charge on any atom is 0.248 e. The molecule has 0 saturated heterocycles. The smallest absolute Gasteiger partial charge is 0.248 e. The van der Waals surface area contributed by atoms with E-state index in [1.807, 2.05) is 6.08 Å². The fraction of sp³-hybridized carbons (Fsp3) is 0.727. The zero-order valence-corrected chi connectivity index (χ0v) is 9.78. The van der Waals surface area contributed by atoms with Crippen molar-refractivity contribution in [1.82, 2.24) is 4.90 Å². The van der Waals surface area contributed by atoms with Crippen LogP contribution in [-0.4, -0.2) is 57.4 Å². The molecular weight excluding hydrogens is 208 g/mol. The second kappa shape index (κ2) is 7.38. The van der Waals surface area contributed by atoms with Crippen molar-refractivity contribution in [2.45, 2.75) is 6.42 Å². The van der Waals surface area contributed by atoms with Gasteiger partial charge in [0.05, 0.1) is 13.2 Å². The molecule has 5 heteroatoms. The number of nitrogens with two attached hydrogens (primary N) is 1. The molecule has 92 valence electrons. The van der Waals surface area contributed by atoms with Gasteiger partial charge in [-0.3, -0.25) is 4.79 Å². The molecule has 1 amide bonds. The molecule has 1 heterocycles. The summed E-state index contributed by atoms with van der Waals surface area (Å²) in [5.74, 6) is 0.0289. The Morgan fingerprint density at radius 3 is 3.00 bits per heavy atom. The summed E-state index contributed by atoms with van der Waals surface area (Å²) in [6.07, 6.45) is 2.93. The third kappa shape index (κ3) is 4.30. The highest BCUT2D eigenvalue weighted by Crippen LogP contribution is 2.10. The summed E-state index contributed by atoms with van der Waals surface area (Å²) in [5.41, 5.74) is 6.53. The predicted molar refractivity (Wildman–Crippen MR) is 61.0 cm³/mol. The molecule has 0 unspecified atom stereocenters. The van der Waals surface area contributed by atoms with Crippen LogP contribution >= 0.6 is 0 Å². The molecule has 0 atom stereocenters. The Morgan fingerprint density at radius 2 is 2.44 bits per heavy atom. The number of hydrogen-bond donors (Lipinski definition) is 1. The van der Waals surface area contributed by atoms with Gasteiger partial charge in [0.25, 0.3) is 0 Å². The maximum absolute atomic E-state index is 11.6. The lowest BCUT2D eigenvalue weighted by molar-refractivity contribution is -0.135. The Balaban J connectivity index is 2.27. The van der Waals surface area contributed by atoms with Crippen molar-refractivity contribution in [3.8, 4) is 0 Å². The Morgan fingerprint density at radius 1 is 1.62 bits per heavy atom. The van der Waals surface area contributed by atoms with Crippen molar-refractivity contribution in [2.75, 3.05) is 46.6 Å². The molecule has 0 aromatic rings. The van der Waals surface area contributed by atoms with E-state index in [1.165, 1.54) is 5.57 Å². The minimum Gasteiger partial charge on any atom is -0.380 e. The average Bonchev–Trinajstić information content (AvgIpc) is 2.30. The molecule has 0 fully saturated rings. The number of carbonyl (C=O) groups is 1. The second-order valence-corrected chi connectivity index (χ2v) is 3.73. The fourth-order valence-electron chi connectivity index (χ4n) is 1.59. The van der Waals surface area contributed by atoms with Gasteiger partial charge in [-0.2, -0.15) is 0 Å². The van der Waals surface area contributed by atoms with E-state index in [-0.39, 0.29) is 12.5 Å². The highest BCUT2D eigenvalue weighted by atomic mass is 16.5. The molecule has 0 saturated carbocycles. The van der Waals surface area contributed by atoms with Gasteiger partial charge >= 0.3 is 0 Å². The van der Waals surface area contributed by atoms with E-state index in [2.05, 4.69) is 0 Å². The van der Waals surface area contributed by atoms with Gasteiger partial charge in [0.15, 0.2) is 0 Å². The number of methoxy groups -OCH3 is 1. The molecule has 16 heavy (non-hydrogen) atoms. The number of amides is 1. The summed E-state index contributed by atoms with van der Waals surface area (Å²) in [6.45, 7) is 3.08. The molecule has 0 bridgehead atoms. The zero-order chi connectivity index (χ0) is 11.8. The van der Waals surface area contributed by atoms with Crippen LogP contribution in [0.5, 0.6) is 0 Å². The number of nitrogens with zero attached hydrogens (tertiary/aromatic N) is 1. The minimum absolute atomic E-state index is 0.0289. The second-order valence-electron chi connectivity index (χ2n) is 3.73. The Hall–Kier alpha value is -0.910. The lowest BCUT2D eigenvalue weighted by Gasteiger charge is -2.26. The number of carbonyl (C=O) groups excluding carboxylic acids is 1. The van der Waals surface area contributed by atoms with E-state index >= 15 is 0 Å². The molecule has 0 aromatic heterocycles. The molecule has 1 aliphatic heterocycles. The van der Waals surface area contributed by atoms with Crippen LogP contribution in [0.2, 0.25) is 0 Å². The van der Waals surface area contributed by atoms with Crippen LogP contribution in [0.3, 0.4) is 0 Å². The van der Waals surface area contributed by atoms with Gasteiger partial charge in [0, 0.05) is 26.7 Å². The molecule has 2 N–H and O–H groups in total.